The molecule has 7 heteroatoms. The Morgan fingerprint density at radius 3 is 2.67 bits per heavy atom. The van der Waals surface area contributed by atoms with Crippen LogP contribution in [0.1, 0.15) is 24.8 Å². The van der Waals surface area contributed by atoms with Crippen molar-refractivity contribution in [3.8, 4) is 0 Å². The van der Waals surface area contributed by atoms with Crippen LogP contribution in [0.3, 0.4) is 0 Å². The van der Waals surface area contributed by atoms with E-state index in [-0.39, 0.29) is 5.75 Å². The number of benzene rings is 1. The number of sulfonamides is 1. The summed E-state index contributed by atoms with van der Waals surface area (Å²) in [5, 5.41) is 0.583. The van der Waals surface area contributed by atoms with E-state index >= 15 is 0 Å². The predicted octanol–water partition coefficient (Wildman–Crippen LogP) is 3.07. The maximum atomic E-state index is 12.8. The zero-order valence-corrected chi connectivity index (χ0v) is 16.3. The van der Waals surface area contributed by atoms with Crippen molar-refractivity contribution < 1.29 is 8.42 Å². The molecule has 134 valence electrons. The van der Waals surface area contributed by atoms with E-state index in [9.17, 15) is 8.42 Å². The van der Waals surface area contributed by atoms with Crippen molar-refractivity contribution in [3.05, 3.63) is 34.9 Å². The highest BCUT2D eigenvalue weighted by atomic mass is 35.5. The van der Waals surface area contributed by atoms with Gasteiger partial charge < -0.3 is 0 Å². The first kappa shape index (κ1) is 18.5. The second-order valence-corrected chi connectivity index (χ2v) is 10.1. The normalized spacial score (nSPS) is 22.4. The molecule has 0 radical (unpaired) electrons. The van der Waals surface area contributed by atoms with Crippen molar-refractivity contribution in [2.45, 2.75) is 31.1 Å². The SMILES string of the molecule is O=S(=O)(Cc1cccc(Cl)c1)N1CCCN(C2CCSCC2)CC1. The van der Waals surface area contributed by atoms with E-state index in [4.69, 9.17) is 11.6 Å². The molecule has 0 aromatic heterocycles. The molecule has 2 heterocycles. The van der Waals surface area contributed by atoms with Crippen LogP contribution < -0.4 is 0 Å². The zero-order valence-electron chi connectivity index (χ0n) is 13.9. The third-order valence-corrected chi connectivity index (χ3v) is 7.96. The fraction of sp³-hybridized carbons (Fsp3) is 0.647. The average molecular weight is 389 g/mol. The average Bonchev–Trinajstić information content (AvgIpc) is 2.82. The highest BCUT2D eigenvalue weighted by Gasteiger charge is 2.28. The minimum absolute atomic E-state index is 0.0353. The van der Waals surface area contributed by atoms with Gasteiger partial charge in [0.25, 0.3) is 0 Å². The van der Waals surface area contributed by atoms with E-state index < -0.39 is 10.0 Å². The Morgan fingerprint density at radius 1 is 1.12 bits per heavy atom. The quantitative estimate of drug-likeness (QED) is 0.794. The molecule has 1 aromatic carbocycles. The summed E-state index contributed by atoms with van der Waals surface area (Å²) >= 11 is 8.01. The number of thioether (sulfide) groups is 1. The van der Waals surface area contributed by atoms with Crippen LogP contribution in [0.15, 0.2) is 24.3 Å². The summed E-state index contributed by atoms with van der Waals surface area (Å²) in [6, 6.07) is 7.78. The van der Waals surface area contributed by atoms with Gasteiger partial charge in [-0.05, 0) is 55.0 Å². The van der Waals surface area contributed by atoms with Gasteiger partial charge in [-0.2, -0.15) is 11.8 Å². The number of hydrogen-bond donors (Lipinski definition) is 0. The van der Waals surface area contributed by atoms with Crippen molar-refractivity contribution in [2.24, 2.45) is 0 Å². The highest BCUT2D eigenvalue weighted by Crippen LogP contribution is 2.24. The van der Waals surface area contributed by atoms with Gasteiger partial charge in [-0.25, -0.2) is 12.7 Å². The van der Waals surface area contributed by atoms with Crippen molar-refractivity contribution in [2.75, 3.05) is 37.7 Å². The maximum absolute atomic E-state index is 12.8. The number of hydrogen-bond acceptors (Lipinski definition) is 4. The highest BCUT2D eigenvalue weighted by molar-refractivity contribution is 7.99. The lowest BCUT2D eigenvalue weighted by molar-refractivity contribution is 0.195. The van der Waals surface area contributed by atoms with Crippen LogP contribution in [0.4, 0.5) is 0 Å². The Hall–Kier alpha value is -0.270. The van der Waals surface area contributed by atoms with Crippen LogP contribution in [0.5, 0.6) is 0 Å². The van der Waals surface area contributed by atoms with E-state index in [0.29, 0.717) is 24.2 Å². The van der Waals surface area contributed by atoms with Gasteiger partial charge in [-0.1, -0.05) is 23.7 Å². The van der Waals surface area contributed by atoms with Gasteiger partial charge in [0.15, 0.2) is 0 Å². The third kappa shape index (κ3) is 4.88. The van der Waals surface area contributed by atoms with Gasteiger partial charge in [-0.3, -0.25) is 4.90 Å². The predicted molar refractivity (Wildman–Crippen MR) is 102 cm³/mol. The zero-order chi connectivity index (χ0) is 17.0. The van der Waals surface area contributed by atoms with E-state index in [1.54, 1.807) is 22.5 Å². The molecule has 2 aliphatic rings. The second kappa shape index (κ2) is 8.41. The summed E-state index contributed by atoms with van der Waals surface area (Å²) in [6.07, 6.45) is 3.39. The molecule has 1 aromatic rings. The Labute approximate surface area is 154 Å². The van der Waals surface area contributed by atoms with Gasteiger partial charge in [-0.15, -0.1) is 0 Å². The fourth-order valence-corrected chi connectivity index (χ4v) is 6.38. The van der Waals surface area contributed by atoms with Crippen LogP contribution in [0, 0.1) is 0 Å². The number of nitrogens with zero attached hydrogens (tertiary/aromatic N) is 2. The molecule has 0 N–H and O–H groups in total. The maximum Gasteiger partial charge on any atom is 0.218 e. The molecule has 3 rings (SSSR count). The van der Waals surface area contributed by atoms with Crippen molar-refractivity contribution in [3.63, 3.8) is 0 Å². The van der Waals surface area contributed by atoms with E-state index in [0.717, 1.165) is 25.1 Å². The second-order valence-electron chi connectivity index (χ2n) is 6.52. The first-order valence-electron chi connectivity index (χ1n) is 8.59. The molecule has 0 amide bonds. The summed E-state index contributed by atoms with van der Waals surface area (Å²) < 4.78 is 27.2. The molecule has 24 heavy (non-hydrogen) atoms. The molecule has 4 nitrogen and oxygen atoms in total. The molecule has 0 unspecified atom stereocenters. The Kier molecular flexibility index (Phi) is 6.49. The lowest BCUT2D eigenvalue weighted by Crippen LogP contribution is -2.41. The van der Waals surface area contributed by atoms with Crippen LogP contribution in [-0.4, -0.2) is 61.3 Å². The number of rotatable bonds is 4. The Bertz CT molecular complexity index is 648. The molecule has 0 aliphatic carbocycles. The Balaban J connectivity index is 1.62. The van der Waals surface area contributed by atoms with Crippen LogP contribution in [0.2, 0.25) is 5.02 Å². The van der Waals surface area contributed by atoms with Crippen molar-refractivity contribution in [1.29, 1.82) is 0 Å². The van der Waals surface area contributed by atoms with E-state index in [1.165, 1.54) is 24.3 Å². The summed E-state index contributed by atoms with van der Waals surface area (Å²) in [5.74, 6) is 2.50. The number of halogens is 1. The van der Waals surface area contributed by atoms with Crippen molar-refractivity contribution in [1.82, 2.24) is 9.21 Å². The lowest BCUT2D eigenvalue weighted by Gasteiger charge is -2.33. The molecule has 0 spiro atoms. The topological polar surface area (TPSA) is 40.6 Å². The lowest BCUT2D eigenvalue weighted by atomic mass is 10.1. The monoisotopic (exact) mass is 388 g/mol. The summed E-state index contributed by atoms with van der Waals surface area (Å²) in [7, 11) is -3.29. The molecular formula is C17H25ClN2O2S2. The van der Waals surface area contributed by atoms with Crippen LogP contribution in [-0.2, 0) is 15.8 Å². The third-order valence-electron chi connectivity index (χ3n) is 4.83. The molecule has 0 saturated carbocycles. The molecule has 0 bridgehead atoms. The molecule has 0 atom stereocenters. The summed E-state index contributed by atoms with van der Waals surface area (Å²) in [6.45, 7) is 3.09. The standard InChI is InChI=1S/C17H25ClN2O2S2/c18-16-4-1-3-15(13-16)14-24(21,22)20-8-2-7-19(9-10-20)17-5-11-23-12-6-17/h1,3-4,13,17H,2,5-12,14H2. The molecule has 2 fully saturated rings. The van der Waals surface area contributed by atoms with Gasteiger partial charge in [0.05, 0.1) is 5.75 Å². The van der Waals surface area contributed by atoms with Gasteiger partial charge in [0.1, 0.15) is 0 Å². The van der Waals surface area contributed by atoms with Gasteiger partial charge in [0.2, 0.25) is 10.0 Å². The van der Waals surface area contributed by atoms with Gasteiger partial charge >= 0.3 is 0 Å². The molecule has 2 saturated heterocycles. The van der Waals surface area contributed by atoms with E-state index in [2.05, 4.69) is 4.90 Å². The molecule has 2 aliphatic heterocycles. The van der Waals surface area contributed by atoms with Crippen LogP contribution in [0.25, 0.3) is 0 Å². The van der Waals surface area contributed by atoms with Crippen molar-refractivity contribution >= 4 is 33.4 Å². The molecular weight excluding hydrogens is 364 g/mol. The first-order chi connectivity index (χ1) is 11.5. The fourth-order valence-electron chi connectivity index (χ4n) is 3.54. The minimum Gasteiger partial charge on any atom is -0.299 e. The Morgan fingerprint density at radius 2 is 1.92 bits per heavy atom. The van der Waals surface area contributed by atoms with Gasteiger partial charge in [0, 0.05) is 30.7 Å². The van der Waals surface area contributed by atoms with E-state index in [1.807, 2.05) is 17.8 Å². The smallest absolute Gasteiger partial charge is 0.218 e. The van der Waals surface area contributed by atoms with Crippen LogP contribution >= 0.6 is 23.4 Å². The summed E-state index contributed by atoms with van der Waals surface area (Å²) in [4.78, 5) is 2.51. The summed E-state index contributed by atoms with van der Waals surface area (Å²) in [5.41, 5.74) is 0.757. The minimum atomic E-state index is -3.29. The first-order valence-corrected chi connectivity index (χ1v) is 11.7. The largest absolute Gasteiger partial charge is 0.299 e.